The minimum Gasteiger partial charge on any atom is -0.356 e. The smallest absolute Gasteiger partial charge is 0.130 e. The van der Waals surface area contributed by atoms with Crippen molar-refractivity contribution in [1.29, 1.82) is 0 Å². The largest absolute Gasteiger partial charge is 0.356 e. The molecule has 0 bridgehead atoms. The highest BCUT2D eigenvalue weighted by Crippen LogP contribution is 2.35. The van der Waals surface area contributed by atoms with Gasteiger partial charge in [-0.15, -0.1) is 0 Å². The molecule has 1 fully saturated rings. The van der Waals surface area contributed by atoms with Crippen molar-refractivity contribution in [3.8, 4) is 0 Å². The van der Waals surface area contributed by atoms with E-state index in [9.17, 15) is 0 Å². The summed E-state index contributed by atoms with van der Waals surface area (Å²) in [5.74, 6) is 1.29. The first kappa shape index (κ1) is 12.0. The third-order valence-corrected chi connectivity index (χ3v) is 3.98. The first-order chi connectivity index (χ1) is 7.44. The van der Waals surface area contributed by atoms with Crippen molar-refractivity contribution in [3.05, 3.63) is 11.3 Å². The van der Waals surface area contributed by atoms with Gasteiger partial charge in [0.2, 0.25) is 0 Å². The van der Waals surface area contributed by atoms with Gasteiger partial charge in [0.05, 0.1) is 5.69 Å². The number of hydrogen-bond donors (Lipinski definition) is 0. The Morgan fingerprint density at radius 3 is 2.62 bits per heavy atom. The van der Waals surface area contributed by atoms with E-state index in [0.717, 1.165) is 24.1 Å². The van der Waals surface area contributed by atoms with E-state index in [1.807, 2.05) is 11.7 Å². The maximum Gasteiger partial charge on any atom is 0.130 e. The zero-order chi connectivity index (χ0) is 11.9. The number of rotatable bonds is 2. The van der Waals surface area contributed by atoms with Crippen LogP contribution in [-0.4, -0.2) is 22.9 Å². The van der Waals surface area contributed by atoms with Crippen molar-refractivity contribution in [2.45, 2.75) is 32.5 Å². The molecular weight excluding hydrogens is 266 g/mol. The van der Waals surface area contributed by atoms with E-state index in [1.165, 1.54) is 17.8 Å². The highest BCUT2D eigenvalue weighted by molar-refractivity contribution is 9.08. The van der Waals surface area contributed by atoms with Gasteiger partial charge in [-0.1, -0.05) is 29.8 Å². The predicted molar refractivity (Wildman–Crippen MR) is 71.2 cm³/mol. The first-order valence-corrected chi connectivity index (χ1v) is 6.90. The summed E-state index contributed by atoms with van der Waals surface area (Å²) in [5, 5.41) is 5.41. The average Bonchev–Trinajstić information content (AvgIpc) is 2.66. The molecule has 1 aliphatic rings. The van der Waals surface area contributed by atoms with E-state index in [1.54, 1.807) is 0 Å². The van der Waals surface area contributed by atoms with Gasteiger partial charge in [-0.3, -0.25) is 4.68 Å². The molecule has 16 heavy (non-hydrogen) atoms. The number of aryl methyl sites for hydroxylation is 2. The lowest BCUT2D eigenvalue weighted by Crippen LogP contribution is -2.25. The van der Waals surface area contributed by atoms with Crippen LogP contribution in [0.15, 0.2) is 0 Å². The SMILES string of the molecule is Cc1nn(C)c(N2CCC(C)(C)C2)c1CBr. The fraction of sp³-hybridized carbons (Fsp3) is 0.750. The van der Waals surface area contributed by atoms with E-state index in [-0.39, 0.29) is 0 Å². The van der Waals surface area contributed by atoms with Crippen molar-refractivity contribution < 1.29 is 0 Å². The van der Waals surface area contributed by atoms with Gasteiger partial charge in [0.15, 0.2) is 0 Å². The zero-order valence-electron chi connectivity index (χ0n) is 10.5. The average molecular weight is 286 g/mol. The van der Waals surface area contributed by atoms with E-state index in [0.29, 0.717) is 5.41 Å². The Morgan fingerprint density at radius 2 is 2.12 bits per heavy atom. The lowest BCUT2D eigenvalue weighted by atomic mass is 9.93. The number of anilines is 1. The Labute approximate surface area is 106 Å². The van der Waals surface area contributed by atoms with Crippen LogP contribution < -0.4 is 4.90 Å². The van der Waals surface area contributed by atoms with Crippen molar-refractivity contribution in [2.24, 2.45) is 12.5 Å². The summed E-state index contributed by atoms with van der Waals surface area (Å²) >= 11 is 3.57. The van der Waals surface area contributed by atoms with Crippen LogP contribution in [0.5, 0.6) is 0 Å². The van der Waals surface area contributed by atoms with E-state index >= 15 is 0 Å². The van der Waals surface area contributed by atoms with E-state index in [4.69, 9.17) is 0 Å². The van der Waals surface area contributed by atoms with Crippen molar-refractivity contribution in [2.75, 3.05) is 18.0 Å². The molecule has 1 saturated heterocycles. The number of aromatic nitrogens is 2. The minimum atomic E-state index is 0.432. The number of alkyl halides is 1. The second-order valence-electron chi connectivity index (χ2n) is 5.48. The van der Waals surface area contributed by atoms with E-state index in [2.05, 4.69) is 46.7 Å². The second kappa shape index (κ2) is 4.06. The Kier molecular flexibility index (Phi) is 3.03. The molecule has 90 valence electrons. The molecule has 4 heteroatoms. The van der Waals surface area contributed by atoms with Crippen molar-refractivity contribution >= 4 is 21.7 Å². The van der Waals surface area contributed by atoms with Gasteiger partial charge >= 0.3 is 0 Å². The van der Waals surface area contributed by atoms with Crippen LogP contribution in [0.3, 0.4) is 0 Å². The van der Waals surface area contributed by atoms with Gasteiger partial charge in [-0.05, 0) is 18.8 Å². The monoisotopic (exact) mass is 285 g/mol. The molecule has 2 heterocycles. The molecule has 1 aromatic heterocycles. The molecule has 0 saturated carbocycles. The highest BCUT2D eigenvalue weighted by Gasteiger charge is 2.32. The molecule has 0 N–H and O–H groups in total. The number of hydrogen-bond acceptors (Lipinski definition) is 2. The van der Waals surface area contributed by atoms with Crippen molar-refractivity contribution in [3.63, 3.8) is 0 Å². The van der Waals surface area contributed by atoms with Crippen LogP contribution in [0.25, 0.3) is 0 Å². The predicted octanol–water partition coefficient (Wildman–Crippen LogP) is 2.86. The molecule has 0 amide bonds. The Morgan fingerprint density at radius 1 is 1.44 bits per heavy atom. The third-order valence-electron chi connectivity index (χ3n) is 3.42. The second-order valence-corrected chi connectivity index (χ2v) is 6.04. The summed E-state index contributed by atoms with van der Waals surface area (Å²) in [6.45, 7) is 9.04. The van der Waals surface area contributed by atoms with Crippen LogP contribution in [0.1, 0.15) is 31.5 Å². The Bertz CT molecular complexity index is 395. The molecular formula is C12H20BrN3. The molecule has 0 radical (unpaired) electrons. The molecule has 1 aliphatic heterocycles. The summed E-state index contributed by atoms with van der Waals surface area (Å²) in [5.41, 5.74) is 2.90. The van der Waals surface area contributed by atoms with Gasteiger partial charge in [-0.2, -0.15) is 5.10 Å². The van der Waals surface area contributed by atoms with Crippen LogP contribution in [0.4, 0.5) is 5.82 Å². The summed E-state index contributed by atoms with van der Waals surface area (Å²) in [6.07, 6.45) is 1.26. The third kappa shape index (κ3) is 1.99. The Hall–Kier alpha value is -0.510. The Balaban J connectivity index is 2.34. The van der Waals surface area contributed by atoms with Gasteiger partial charge in [-0.25, -0.2) is 0 Å². The lowest BCUT2D eigenvalue weighted by molar-refractivity contribution is 0.418. The fourth-order valence-electron chi connectivity index (χ4n) is 2.54. The quantitative estimate of drug-likeness (QED) is 0.779. The first-order valence-electron chi connectivity index (χ1n) is 5.78. The zero-order valence-corrected chi connectivity index (χ0v) is 12.1. The van der Waals surface area contributed by atoms with Crippen LogP contribution >= 0.6 is 15.9 Å². The molecule has 0 unspecified atom stereocenters. The summed E-state index contributed by atoms with van der Waals surface area (Å²) in [6, 6.07) is 0. The molecule has 0 aromatic carbocycles. The molecule has 0 aliphatic carbocycles. The van der Waals surface area contributed by atoms with Crippen molar-refractivity contribution in [1.82, 2.24) is 9.78 Å². The van der Waals surface area contributed by atoms with Gasteiger partial charge in [0, 0.05) is 31.0 Å². The molecule has 0 spiro atoms. The standard InChI is InChI=1S/C12H20BrN3/c1-9-10(7-13)11(15(4)14-9)16-6-5-12(2,3)8-16/h5-8H2,1-4H3. The van der Waals surface area contributed by atoms with Crippen LogP contribution in [0.2, 0.25) is 0 Å². The number of halogens is 1. The molecule has 0 atom stereocenters. The minimum absolute atomic E-state index is 0.432. The maximum atomic E-state index is 4.52. The molecule has 1 aromatic rings. The summed E-state index contributed by atoms with van der Waals surface area (Å²) in [7, 11) is 2.04. The molecule has 2 rings (SSSR count). The maximum absolute atomic E-state index is 4.52. The molecule has 3 nitrogen and oxygen atoms in total. The van der Waals surface area contributed by atoms with Gasteiger partial charge in [0.1, 0.15) is 5.82 Å². The summed E-state index contributed by atoms with van der Waals surface area (Å²) in [4.78, 5) is 2.47. The van der Waals surface area contributed by atoms with Gasteiger partial charge in [0.25, 0.3) is 0 Å². The normalized spacial score (nSPS) is 19.4. The van der Waals surface area contributed by atoms with Gasteiger partial charge < -0.3 is 4.90 Å². The fourth-order valence-corrected chi connectivity index (χ4v) is 3.19. The topological polar surface area (TPSA) is 21.1 Å². The number of nitrogens with zero attached hydrogens (tertiary/aromatic N) is 3. The van der Waals surface area contributed by atoms with Crippen LogP contribution in [-0.2, 0) is 12.4 Å². The van der Waals surface area contributed by atoms with Crippen LogP contribution in [0, 0.1) is 12.3 Å². The summed E-state index contributed by atoms with van der Waals surface area (Å²) < 4.78 is 2.02. The van der Waals surface area contributed by atoms with E-state index < -0.39 is 0 Å². The lowest BCUT2D eigenvalue weighted by Gasteiger charge is -2.22. The highest BCUT2D eigenvalue weighted by atomic mass is 79.9.